The molecule has 2 atom stereocenters. The summed E-state index contributed by atoms with van der Waals surface area (Å²) in [6, 6.07) is 14.5. The van der Waals surface area contributed by atoms with Crippen molar-refractivity contribution in [3.05, 3.63) is 65.4 Å². The van der Waals surface area contributed by atoms with E-state index in [-0.39, 0.29) is 6.54 Å². The van der Waals surface area contributed by atoms with E-state index >= 15 is 0 Å². The first-order valence-corrected chi connectivity index (χ1v) is 10.6. The van der Waals surface area contributed by atoms with Crippen LogP contribution in [-0.2, 0) is 11.2 Å². The second-order valence-electron chi connectivity index (χ2n) is 8.16. The summed E-state index contributed by atoms with van der Waals surface area (Å²) in [6.45, 7) is 5.04. The molecule has 2 unspecified atom stereocenters. The van der Waals surface area contributed by atoms with Gasteiger partial charge in [0.15, 0.2) is 0 Å². The molecule has 2 aliphatic heterocycles. The molecule has 5 rings (SSSR count). The summed E-state index contributed by atoms with van der Waals surface area (Å²) in [6.07, 6.45) is -2.47. The summed E-state index contributed by atoms with van der Waals surface area (Å²) in [5, 5.41) is 7.33. The lowest BCUT2D eigenvalue weighted by Crippen LogP contribution is -2.42. The smallest absolute Gasteiger partial charge is 0.389 e. The number of halogens is 2. The number of alkyl halides is 2. The fourth-order valence-corrected chi connectivity index (χ4v) is 4.38. The third-order valence-electron chi connectivity index (χ3n) is 6.08. The zero-order chi connectivity index (χ0) is 21.6. The Morgan fingerprint density at radius 3 is 2.77 bits per heavy atom. The molecule has 1 saturated heterocycles. The van der Waals surface area contributed by atoms with E-state index < -0.39 is 17.8 Å². The summed E-state index contributed by atoms with van der Waals surface area (Å²) in [4.78, 5) is 4.57. The molecule has 0 saturated carbocycles. The number of aromatic nitrogens is 1. The Morgan fingerprint density at radius 1 is 1.16 bits per heavy atom. The first-order valence-electron chi connectivity index (χ1n) is 10.6. The lowest BCUT2D eigenvalue weighted by atomic mass is 9.90. The predicted octanol–water partition coefficient (Wildman–Crippen LogP) is 4.60. The van der Waals surface area contributed by atoms with E-state index in [1.807, 2.05) is 62.4 Å². The van der Waals surface area contributed by atoms with Gasteiger partial charge in [-0.05, 0) is 61.0 Å². The Bertz CT molecular complexity index is 1140. The molecule has 0 amide bonds. The van der Waals surface area contributed by atoms with E-state index in [1.54, 1.807) is 0 Å². The average Bonchev–Trinajstić information content (AvgIpc) is 3.08. The first-order chi connectivity index (χ1) is 14.9. The van der Waals surface area contributed by atoms with Crippen molar-refractivity contribution < 1.29 is 18.3 Å². The molecule has 2 aromatic carbocycles. The highest BCUT2D eigenvalue weighted by Gasteiger charge is 2.77. The minimum atomic E-state index is -3.23. The van der Waals surface area contributed by atoms with Gasteiger partial charge >= 0.3 is 6.11 Å². The molecule has 0 radical (unpaired) electrons. The van der Waals surface area contributed by atoms with E-state index in [0.29, 0.717) is 13.2 Å². The number of fused-ring (bicyclic) bond motifs is 2. The molecule has 0 bridgehead atoms. The van der Waals surface area contributed by atoms with Gasteiger partial charge < -0.3 is 15.4 Å². The van der Waals surface area contributed by atoms with Gasteiger partial charge in [0.2, 0.25) is 5.60 Å². The number of likely N-dealkylation sites (N-methyl/N-ethyl adjacent to an activating group) is 1. The second kappa shape index (κ2) is 7.43. The van der Waals surface area contributed by atoms with Crippen molar-refractivity contribution in [3.8, 4) is 5.75 Å². The quantitative estimate of drug-likeness (QED) is 0.542. The SMILES string of the molecule is CCNCC1(C(Nc2cccc3nc(C)ccc23)c2ccc3c(c2)CCO3)OC1(F)F. The van der Waals surface area contributed by atoms with Gasteiger partial charge in [-0.2, -0.15) is 8.78 Å². The molecule has 3 aromatic rings. The van der Waals surface area contributed by atoms with E-state index in [0.717, 1.165) is 45.6 Å². The number of nitrogens with zero attached hydrogens (tertiary/aromatic N) is 1. The maximum atomic E-state index is 14.7. The zero-order valence-corrected chi connectivity index (χ0v) is 17.5. The van der Waals surface area contributed by atoms with Crippen molar-refractivity contribution >= 4 is 16.6 Å². The number of hydrogen-bond acceptors (Lipinski definition) is 5. The number of anilines is 1. The fourth-order valence-electron chi connectivity index (χ4n) is 4.38. The van der Waals surface area contributed by atoms with Crippen LogP contribution in [0.5, 0.6) is 5.75 Å². The summed E-state index contributed by atoms with van der Waals surface area (Å²) in [5.74, 6) is 0.816. The van der Waals surface area contributed by atoms with Crippen molar-refractivity contribution in [1.29, 1.82) is 0 Å². The molecule has 2 aliphatic rings. The number of epoxide rings is 1. The Labute approximate surface area is 179 Å². The van der Waals surface area contributed by atoms with Gasteiger partial charge in [-0.1, -0.05) is 19.1 Å². The third-order valence-corrected chi connectivity index (χ3v) is 6.08. The van der Waals surface area contributed by atoms with Crippen LogP contribution in [0.4, 0.5) is 14.5 Å². The maximum absolute atomic E-state index is 14.7. The van der Waals surface area contributed by atoms with Crippen LogP contribution in [0.2, 0.25) is 0 Å². The highest BCUT2D eigenvalue weighted by molar-refractivity contribution is 5.91. The molecular formula is C24H25F2N3O2. The van der Waals surface area contributed by atoms with E-state index in [2.05, 4.69) is 15.6 Å². The predicted molar refractivity (Wildman–Crippen MR) is 116 cm³/mol. The summed E-state index contributed by atoms with van der Waals surface area (Å²) >= 11 is 0. The van der Waals surface area contributed by atoms with Crippen LogP contribution in [0, 0.1) is 6.92 Å². The molecule has 31 heavy (non-hydrogen) atoms. The molecule has 2 N–H and O–H groups in total. The Balaban J connectivity index is 1.60. The first kappa shape index (κ1) is 20.2. The van der Waals surface area contributed by atoms with Gasteiger partial charge in [-0.25, -0.2) is 0 Å². The van der Waals surface area contributed by atoms with Crippen molar-refractivity contribution in [2.75, 3.05) is 25.0 Å². The fraction of sp³-hybridized carbons (Fsp3) is 0.375. The third kappa shape index (κ3) is 3.42. The van der Waals surface area contributed by atoms with Crippen molar-refractivity contribution in [3.63, 3.8) is 0 Å². The topological polar surface area (TPSA) is 58.7 Å². The lowest BCUT2D eigenvalue weighted by Gasteiger charge is -2.27. The normalized spacial score (nSPS) is 22.1. The number of rotatable bonds is 7. The second-order valence-corrected chi connectivity index (χ2v) is 8.16. The van der Waals surface area contributed by atoms with Crippen molar-refractivity contribution in [2.24, 2.45) is 0 Å². The van der Waals surface area contributed by atoms with Gasteiger partial charge in [0.05, 0.1) is 18.2 Å². The number of nitrogens with one attached hydrogen (secondary N) is 2. The van der Waals surface area contributed by atoms with Crippen LogP contribution in [0.15, 0.2) is 48.5 Å². The average molecular weight is 425 g/mol. The van der Waals surface area contributed by atoms with Gasteiger partial charge in [0.1, 0.15) is 5.75 Å². The molecular weight excluding hydrogens is 400 g/mol. The molecule has 162 valence electrons. The molecule has 5 nitrogen and oxygen atoms in total. The molecule has 1 fully saturated rings. The number of aryl methyl sites for hydroxylation is 1. The van der Waals surface area contributed by atoms with Gasteiger partial charge in [0.25, 0.3) is 0 Å². The van der Waals surface area contributed by atoms with Crippen LogP contribution in [0.3, 0.4) is 0 Å². The summed E-state index contributed by atoms with van der Waals surface area (Å²) in [7, 11) is 0. The minimum absolute atomic E-state index is 0.0316. The minimum Gasteiger partial charge on any atom is -0.493 e. The van der Waals surface area contributed by atoms with E-state index in [9.17, 15) is 8.78 Å². The highest BCUT2D eigenvalue weighted by atomic mass is 19.3. The van der Waals surface area contributed by atoms with Crippen LogP contribution in [0.25, 0.3) is 10.9 Å². The molecule has 3 heterocycles. The lowest BCUT2D eigenvalue weighted by molar-refractivity contribution is 0.000488. The van der Waals surface area contributed by atoms with Gasteiger partial charge in [-0.15, -0.1) is 0 Å². The molecule has 0 aliphatic carbocycles. The summed E-state index contributed by atoms with van der Waals surface area (Å²) < 4.78 is 40.2. The Kier molecular flexibility index (Phi) is 4.83. The monoisotopic (exact) mass is 425 g/mol. The van der Waals surface area contributed by atoms with E-state index in [1.165, 1.54) is 0 Å². The van der Waals surface area contributed by atoms with Crippen LogP contribution in [0.1, 0.15) is 29.8 Å². The molecule has 0 spiro atoms. The Hall–Kier alpha value is -2.77. The summed E-state index contributed by atoms with van der Waals surface area (Å²) in [5.41, 5.74) is 2.56. The van der Waals surface area contributed by atoms with Gasteiger partial charge in [-0.3, -0.25) is 9.72 Å². The van der Waals surface area contributed by atoms with Crippen molar-refractivity contribution in [1.82, 2.24) is 10.3 Å². The van der Waals surface area contributed by atoms with Crippen molar-refractivity contribution in [2.45, 2.75) is 38.0 Å². The number of pyridine rings is 1. The zero-order valence-electron chi connectivity index (χ0n) is 17.5. The highest BCUT2D eigenvalue weighted by Crippen LogP contribution is 2.58. The largest absolute Gasteiger partial charge is 0.493 e. The van der Waals surface area contributed by atoms with E-state index in [4.69, 9.17) is 9.47 Å². The standard InChI is InChI=1S/C24H25F2N3O2/c1-3-27-14-23(24(25,26)31-23)22(17-8-10-21-16(13-17)11-12-30-21)29-20-6-4-5-19-18(20)9-7-15(2)28-19/h4-10,13,22,27,29H,3,11-12,14H2,1-2H3. The number of benzene rings is 2. The molecule has 1 aromatic heterocycles. The molecule has 7 heteroatoms. The number of hydrogen-bond donors (Lipinski definition) is 2. The number of ether oxygens (including phenoxy) is 2. The van der Waals surface area contributed by atoms with Crippen LogP contribution < -0.4 is 15.4 Å². The Morgan fingerprint density at radius 2 is 2.00 bits per heavy atom. The maximum Gasteiger partial charge on any atom is 0.389 e. The van der Waals surface area contributed by atoms with Crippen LogP contribution in [-0.4, -0.2) is 36.4 Å². The van der Waals surface area contributed by atoms with Crippen LogP contribution >= 0.6 is 0 Å². The van der Waals surface area contributed by atoms with Gasteiger partial charge in [0, 0.05) is 29.7 Å².